The Morgan fingerprint density at radius 1 is 1.58 bits per heavy atom. The summed E-state index contributed by atoms with van der Waals surface area (Å²) in [6.07, 6.45) is 7.53. The summed E-state index contributed by atoms with van der Waals surface area (Å²) in [5.41, 5.74) is 1.19. The first-order valence-electron chi connectivity index (χ1n) is 7.09. The molecule has 5 heteroatoms. The maximum atomic E-state index is 5.65. The van der Waals surface area contributed by atoms with Gasteiger partial charge in [-0.1, -0.05) is 6.92 Å². The van der Waals surface area contributed by atoms with Crippen LogP contribution >= 0.6 is 11.3 Å². The largest absolute Gasteiger partial charge is 0.381 e. The molecule has 0 aliphatic carbocycles. The zero-order chi connectivity index (χ0) is 13.1. The van der Waals surface area contributed by atoms with Crippen molar-refractivity contribution in [3.05, 3.63) is 23.5 Å². The molecule has 0 bridgehead atoms. The van der Waals surface area contributed by atoms with Gasteiger partial charge in [0.25, 0.3) is 0 Å². The summed E-state index contributed by atoms with van der Waals surface area (Å²) >= 11 is 1.69. The molecular weight excluding hydrogens is 258 g/mol. The van der Waals surface area contributed by atoms with Crippen molar-refractivity contribution < 1.29 is 4.74 Å². The van der Waals surface area contributed by atoms with Crippen LogP contribution in [0.15, 0.2) is 17.8 Å². The Balaban J connectivity index is 1.67. The molecule has 1 aliphatic rings. The molecule has 4 nitrogen and oxygen atoms in total. The molecule has 3 heterocycles. The molecule has 0 saturated carbocycles. The molecule has 0 aromatic carbocycles. The van der Waals surface area contributed by atoms with Gasteiger partial charge in [0.15, 0.2) is 4.96 Å². The van der Waals surface area contributed by atoms with Gasteiger partial charge in [-0.15, -0.1) is 11.3 Å². The molecule has 0 amide bonds. The number of rotatable bonds is 5. The first kappa shape index (κ1) is 13.1. The van der Waals surface area contributed by atoms with Crippen LogP contribution in [-0.4, -0.2) is 35.2 Å². The Bertz CT molecular complexity index is 493. The Kier molecular flexibility index (Phi) is 4.15. The molecule has 2 atom stereocenters. The van der Waals surface area contributed by atoms with Crippen molar-refractivity contribution in [2.75, 3.05) is 19.8 Å². The summed E-state index contributed by atoms with van der Waals surface area (Å²) in [6, 6.07) is 0.577. The summed E-state index contributed by atoms with van der Waals surface area (Å²) in [5.74, 6) is 0.546. The number of nitrogens with one attached hydrogen (secondary N) is 1. The minimum atomic E-state index is 0.546. The summed E-state index contributed by atoms with van der Waals surface area (Å²) in [6.45, 7) is 5.05. The van der Waals surface area contributed by atoms with Gasteiger partial charge in [-0.2, -0.15) is 0 Å². The van der Waals surface area contributed by atoms with Crippen molar-refractivity contribution in [1.82, 2.24) is 14.7 Å². The van der Waals surface area contributed by atoms with E-state index in [1.165, 1.54) is 12.1 Å². The average molecular weight is 279 g/mol. The van der Waals surface area contributed by atoms with Crippen LogP contribution in [0.4, 0.5) is 0 Å². The number of imidazole rings is 1. The van der Waals surface area contributed by atoms with Gasteiger partial charge in [-0.05, 0) is 25.8 Å². The van der Waals surface area contributed by atoms with Crippen LogP contribution in [-0.2, 0) is 11.2 Å². The zero-order valence-electron chi connectivity index (χ0n) is 11.3. The monoisotopic (exact) mass is 279 g/mol. The van der Waals surface area contributed by atoms with E-state index < -0.39 is 0 Å². The summed E-state index contributed by atoms with van der Waals surface area (Å²) < 4.78 is 7.76. The molecule has 2 aromatic rings. The van der Waals surface area contributed by atoms with E-state index >= 15 is 0 Å². The Labute approximate surface area is 117 Å². The molecule has 1 saturated heterocycles. The van der Waals surface area contributed by atoms with Crippen molar-refractivity contribution in [1.29, 1.82) is 0 Å². The molecule has 2 unspecified atom stereocenters. The second-order valence-electron chi connectivity index (χ2n) is 5.21. The second-order valence-corrected chi connectivity index (χ2v) is 6.09. The van der Waals surface area contributed by atoms with Crippen LogP contribution < -0.4 is 5.32 Å². The van der Waals surface area contributed by atoms with E-state index in [1.807, 2.05) is 0 Å². The van der Waals surface area contributed by atoms with Crippen LogP contribution in [0.3, 0.4) is 0 Å². The number of ether oxygens (including phenoxy) is 1. The number of fused-ring (bicyclic) bond motifs is 1. The fraction of sp³-hybridized carbons (Fsp3) is 0.643. The van der Waals surface area contributed by atoms with Crippen molar-refractivity contribution in [2.24, 2.45) is 5.92 Å². The molecule has 19 heavy (non-hydrogen) atoms. The lowest BCUT2D eigenvalue weighted by Gasteiger charge is -2.32. The highest BCUT2D eigenvalue weighted by Gasteiger charge is 2.26. The second kappa shape index (κ2) is 6.03. The van der Waals surface area contributed by atoms with Gasteiger partial charge in [-0.3, -0.25) is 4.40 Å². The number of thiazole rings is 1. The van der Waals surface area contributed by atoms with E-state index in [0.29, 0.717) is 12.0 Å². The van der Waals surface area contributed by atoms with Gasteiger partial charge in [0.2, 0.25) is 0 Å². The standard InChI is InChI=1S/C14H21N3OS/c1-2-4-15-13-3-6-18-10-11(13)8-12-9-17-5-7-19-14(17)16-12/h5,7,9,11,13,15H,2-4,6,8,10H2,1H3. The molecule has 2 aromatic heterocycles. The lowest BCUT2D eigenvalue weighted by atomic mass is 9.91. The third-order valence-electron chi connectivity index (χ3n) is 3.75. The first-order valence-corrected chi connectivity index (χ1v) is 7.97. The Morgan fingerprint density at radius 2 is 2.53 bits per heavy atom. The number of aromatic nitrogens is 2. The molecule has 0 spiro atoms. The predicted molar refractivity (Wildman–Crippen MR) is 77.8 cm³/mol. The molecule has 104 valence electrons. The number of hydrogen-bond donors (Lipinski definition) is 1. The van der Waals surface area contributed by atoms with Crippen molar-refractivity contribution >= 4 is 16.3 Å². The highest BCUT2D eigenvalue weighted by Crippen LogP contribution is 2.21. The van der Waals surface area contributed by atoms with Crippen LogP contribution in [0.1, 0.15) is 25.5 Å². The fourth-order valence-electron chi connectivity index (χ4n) is 2.74. The highest BCUT2D eigenvalue weighted by molar-refractivity contribution is 7.15. The topological polar surface area (TPSA) is 38.6 Å². The quantitative estimate of drug-likeness (QED) is 0.913. The van der Waals surface area contributed by atoms with E-state index in [4.69, 9.17) is 4.74 Å². The summed E-state index contributed by atoms with van der Waals surface area (Å²) in [5, 5.41) is 5.73. The zero-order valence-corrected chi connectivity index (χ0v) is 12.2. The average Bonchev–Trinajstić information content (AvgIpc) is 2.98. The van der Waals surface area contributed by atoms with Gasteiger partial charge in [0.1, 0.15) is 0 Å². The molecule has 1 aliphatic heterocycles. The number of nitrogens with zero attached hydrogens (tertiary/aromatic N) is 2. The SMILES string of the molecule is CCCNC1CCOCC1Cc1cn2ccsc2n1. The van der Waals surface area contributed by atoms with Crippen molar-refractivity contribution in [3.8, 4) is 0 Å². The van der Waals surface area contributed by atoms with Gasteiger partial charge in [0.05, 0.1) is 12.3 Å². The third kappa shape index (κ3) is 2.99. The van der Waals surface area contributed by atoms with Crippen LogP contribution in [0.25, 0.3) is 4.96 Å². The predicted octanol–water partition coefficient (Wildman–Crippen LogP) is 2.34. The minimum absolute atomic E-state index is 0.546. The third-order valence-corrected chi connectivity index (χ3v) is 4.52. The van der Waals surface area contributed by atoms with Gasteiger partial charge >= 0.3 is 0 Å². The smallest absolute Gasteiger partial charge is 0.193 e. The summed E-state index contributed by atoms with van der Waals surface area (Å²) in [4.78, 5) is 5.77. The van der Waals surface area contributed by atoms with E-state index in [0.717, 1.165) is 37.6 Å². The van der Waals surface area contributed by atoms with Gasteiger partial charge in [0, 0.05) is 36.3 Å². The van der Waals surface area contributed by atoms with E-state index in [9.17, 15) is 0 Å². The van der Waals surface area contributed by atoms with Crippen LogP contribution in [0.2, 0.25) is 0 Å². The summed E-state index contributed by atoms with van der Waals surface area (Å²) in [7, 11) is 0. The molecule has 0 radical (unpaired) electrons. The maximum absolute atomic E-state index is 5.65. The minimum Gasteiger partial charge on any atom is -0.381 e. The van der Waals surface area contributed by atoms with Gasteiger partial charge < -0.3 is 10.1 Å². The lowest BCUT2D eigenvalue weighted by Crippen LogP contribution is -2.44. The fourth-order valence-corrected chi connectivity index (χ4v) is 3.46. The van der Waals surface area contributed by atoms with E-state index in [-0.39, 0.29) is 0 Å². The highest BCUT2D eigenvalue weighted by atomic mass is 32.1. The Hall–Kier alpha value is -0.910. The lowest BCUT2D eigenvalue weighted by molar-refractivity contribution is 0.0319. The molecule has 3 rings (SSSR count). The molecule has 1 fully saturated rings. The maximum Gasteiger partial charge on any atom is 0.193 e. The van der Waals surface area contributed by atoms with Crippen LogP contribution in [0.5, 0.6) is 0 Å². The van der Waals surface area contributed by atoms with Gasteiger partial charge in [-0.25, -0.2) is 4.98 Å². The normalized spacial score (nSPS) is 24.1. The molecular formula is C14H21N3OS. The van der Waals surface area contributed by atoms with Crippen LogP contribution in [0, 0.1) is 5.92 Å². The van der Waals surface area contributed by atoms with E-state index in [2.05, 4.69) is 39.4 Å². The van der Waals surface area contributed by atoms with Crippen molar-refractivity contribution in [2.45, 2.75) is 32.2 Å². The Morgan fingerprint density at radius 3 is 3.37 bits per heavy atom. The first-order chi connectivity index (χ1) is 9.36. The molecule has 1 N–H and O–H groups in total. The van der Waals surface area contributed by atoms with E-state index in [1.54, 1.807) is 11.3 Å². The number of hydrogen-bond acceptors (Lipinski definition) is 4. The van der Waals surface area contributed by atoms with Crippen molar-refractivity contribution in [3.63, 3.8) is 0 Å².